The van der Waals surface area contributed by atoms with Crippen molar-refractivity contribution in [1.29, 1.82) is 0 Å². The zero-order chi connectivity index (χ0) is 24.2. The topological polar surface area (TPSA) is 80.6 Å². The van der Waals surface area contributed by atoms with Gasteiger partial charge in [0.25, 0.3) is 5.91 Å². The monoisotopic (exact) mass is 492 g/mol. The Labute approximate surface area is 206 Å². The molecular formula is C26H21ClN2O4S. The standard InChI is InChI=1S/C26H21ClN2O4S/c1-3-32-23-11-10-18(13-20(23)27)24(30)29-26(34)28-21-14-16(9-8-15(21)2)19-12-17-6-4-5-7-22(17)33-25(19)31/h4-14H,3H2,1-2H3,(H2,28,29,30,34). The summed E-state index contributed by atoms with van der Waals surface area (Å²) < 4.78 is 10.8. The van der Waals surface area contributed by atoms with Gasteiger partial charge in [0.15, 0.2) is 5.11 Å². The lowest BCUT2D eigenvalue weighted by atomic mass is 10.0. The third-order valence-electron chi connectivity index (χ3n) is 5.16. The molecule has 0 spiro atoms. The summed E-state index contributed by atoms with van der Waals surface area (Å²) in [6, 6.07) is 19.4. The van der Waals surface area contributed by atoms with Gasteiger partial charge >= 0.3 is 5.63 Å². The first-order chi connectivity index (χ1) is 16.4. The fourth-order valence-corrected chi connectivity index (χ4v) is 3.87. The van der Waals surface area contributed by atoms with Crippen molar-refractivity contribution in [2.75, 3.05) is 11.9 Å². The van der Waals surface area contributed by atoms with Crippen LogP contribution in [0.2, 0.25) is 5.02 Å². The van der Waals surface area contributed by atoms with Crippen molar-refractivity contribution in [2.45, 2.75) is 13.8 Å². The van der Waals surface area contributed by atoms with E-state index in [-0.39, 0.29) is 5.11 Å². The highest BCUT2D eigenvalue weighted by atomic mass is 35.5. The molecule has 172 valence electrons. The number of rotatable bonds is 5. The molecule has 6 nitrogen and oxygen atoms in total. The molecule has 1 amide bonds. The summed E-state index contributed by atoms with van der Waals surface area (Å²) in [4.78, 5) is 25.2. The summed E-state index contributed by atoms with van der Waals surface area (Å²) in [5.74, 6) is 0.0958. The molecule has 0 fully saturated rings. The number of hydrogen-bond donors (Lipinski definition) is 2. The van der Waals surface area contributed by atoms with Gasteiger partial charge in [0.05, 0.1) is 17.2 Å². The molecule has 3 aromatic carbocycles. The number of fused-ring (bicyclic) bond motifs is 1. The second-order valence-corrected chi connectivity index (χ2v) is 8.32. The van der Waals surface area contributed by atoms with Crippen LogP contribution in [0.15, 0.2) is 75.9 Å². The van der Waals surface area contributed by atoms with E-state index >= 15 is 0 Å². The largest absolute Gasteiger partial charge is 0.492 e. The molecule has 8 heteroatoms. The third-order valence-corrected chi connectivity index (χ3v) is 5.66. The molecule has 0 saturated heterocycles. The van der Waals surface area contributed by atoms with Gasteiger partial charge in [0.1, 0.15) is 11.3 Å². The first-order valence-corrected chi connectivity index (χ1v) is 11.3. The summed E-state index contributed by atoms with van der Waals surface area (Å²) in [6.07, 6.45) is 0. The molecule has 34 heavy (non-hydrogen) atoms. The average molecular weight is 493 g/mol. The average Bonchev–Trinajstić information content (AvgIpc) is 2.81. The number of carbonyl (C=O) groups excluding carboxylic acids is 1. The molecule has 4 rings (SSSR count). The van der Waals surface area contributed by atoms with Crippen LogP contribution < -0.4 is 21.0 Å². The van der Waals surface area contributed by atoms with Gasteiger partial charge in [0, 0.05) is 16.6 Å². The van der Waals surface area contributed by atoms with Crippen LogP contribution in [0, 0.1) is 6.92 Å². The Bertz CT molecular complexity index is 1470. The molecule has 0 saturated carbocycles. The Kier molecular flexibility index (Phi) is 6.95. The number of amides is 1. The second-order valence-electron chi connectivity index (χ2n) is 7.50. The minimum atomic E-state index is -0.434. The maximum Gasteiger partial charge on any atom is 0.344 e. The van der Waals surface area contributed by atoms with Gasteiger partial charge in [-0.25, -0.2) is 4.79 Å². The van der Waals surface area contributed by atoms with Crippen LogP contribution in [-0.2, 0) is 0 Å². The molecule has 0 radical (unpaired) electrons. The number of anilines is 1. The molecule has 0 bridgehead atoms. The van der Waals surface area contributed by atoms with Crippen molar-refractivity contribution in [3.8, 4) is 16.9 Å². The number of aryl methyl sites for hydroxylation is 1. The Morgan fingerprint density at radius 2 is 1.88 bits per heavy atom. The number of benzene rings is 3. The zero-order valence-electron chi connectivity index (χ0n) is 18.5. The Morgan fingerprint density at radius 3 is 2.65 bits per heavy atom. The van der Waals surface area contributed by atoms with Crippen LogP contribution in [-0.4, -0.2) is 17.6 Å². The molecular weight excluding hydrogens is 472 g/mol. The van der Waals surface area contributed by atoms with Crippen molar-refractivity contribution in [2.24, 2.45) is 0 Å². The maximum atomic E-state index is 12.6. The molecule has 0 aliphatic rings. The molecule has 0 unspecified atom stereocenters. The van der Waals surface area contributed by atoms with Gasteiger partial charge in [-0.2, -0.15) is 0 Å². The van der Waals surface area contributed by atoms with Crippen LogP contribution in [0.5, 0.6) is 5.75 Å². The quantitative estimate of drug-likeness (QED) is 0.265. The van der Waals surface area contributed by atoms with Crippen molar-refractivity contribution in [3.05, 3.63) is 93.3 Å². The Hall–Kier alpha value is -3.68. The highest BCUT2D eigenvalue weighted by Crippen LogP contribution is 2.27. The number of thiocarbonyl (C=S) groups is 1. The van der Waals surface area contributed by atoms with E-state index in [1.54, 1.807) is 30.3 Å². The zero-order valence-corrected chi connectivity index (χ0v) is 20.0. The van der Waals surface area contributed by atoms with Crippen molar-refractivity contribution in [1.82, 2.24) is 5.32 Å². The minimum Gasteiger partial charge on any atom is -0.492 e. The first kappa shape index (κ1) is 23.5. The number of para-hydroxylation sites is 1. The molecule has 1 heterocycles. The summed E-state index contributed by atoms with van der Waals surface area (Å²) in [5.41, 5.74) is 3.07. The third kappa shape index (κ3) is 5.11. The summed E-state index contributed by atoms with van der Waals surface area (Å²) in [5, 5.41) is 6.95. The Morgan fingerprint density at radius 1 is 1.09 bits per heavy atom. The molecule has 0 atom stereocenters. The van der Waals surface area contributed by atoms with Gasteiger partial charge in [-0.1, -0.05) is 41.9 Å². The first-order valence-electron chi connectivity index (χ1n) is 10.5. The fourth-order valence-electron chi connectivity index (χ4n) is 3.43. The van der Waals surface area contributed by atoms with Crippen LogP contribution >= 0.6 is 23.8 Å². The predicted molar refractivity (Wildman–Crippen MR) is 139 cm³/mol. The number of ether oxygens (including phenoxy) is 1. The predicted octanol–water partition coefficient (Wildman–Crippen LogP) is 5.95. The molecule has 1 aromatic heterocycles. The van der Waals surface area contributed by atoms with Crippen LogP contribution in [0.4, 0.5) is 5.69 Å². The van der Waals surface area contributed by atoms with E-state index in [2.05, 4.69) is 10.6 Å². The van der Waals surface area contributed by atoms with Gasteiger partial charge in [-0.15, -0.1) is 0 Å². The van der Waals surface area contributed by atoms with E-state index in [1.807, 2.05) is 44.2 Å². The number of halogens is 1. The van der Waals surface area contributed by atoms with Crippen LogP contribution in [0.3, 0.4) is 0 Å². The molecule has 0 aliphatic heterocycles. The molecule has 2 N–H and O–H groups in total. The lowest BCUT2D eigenvalue weighted by Gasteiger charge is -2.14. The maximum absolute atomic E-state index is 12.6. The number of hydrogen-bond acceptors (Lipinski definition) is 5. The van der Waals surface area contributed by atoms with E-state index in [4.69, 9.17) is 33.0 Å². The van der Waals surface area contributed by atoms with E-state index in [1.165, 1.54) is 6.07 Å². The van der Waals surface area contributed by atoms with Crippen molar-refractivity contribution in [3.63, 3.8) is 0 Å². The number of carbonyl (C=O) groups is 1. The summed E-state index contributed by atoms with van der Waals surface area (Å²) in [7, 11) is 0. The van der Waals surface area contributed by atoms with E-state index in [0.717, 1.165) is 10.9 Å². The van der Waals surface area contributed by atoms with Gasteiger partial charge in [-0.05, 0) is 73.6 Å². The lowest BCUT2D eigenvalue weighted by Crippen LogP contribution is -2.34. The fraction of sp³-hybridized carbons (Fsp3) is 0.115. The van der Waals surface area contributed by atoms with Crippen molar-refractivity contribution >= 4 is 51.5 Å². The van der Waals surface area contributed by atoms with Crippen molar-refractivity contribution < 1.29 is 13.9 Å². The number of nitrogens with one attached hydrogen (secondary N) is 2. The van der Waals surface area contributed by atoms with Crippen LogP contribution in [0.1, 0.15) is 22.8 Å². The molecule has 4 aromatic rings. The smallest absolute Gasteiger partial charge is 0.344 e. The minimum absolute atomic E-state index is 0.112. The van der Waals surface area contributed by atoms with E-state index in [9.17, 15) is 9.59 Å². The Balaban J connectivity index is 1.53. The molecule has 0 aliphatic carbocycles. The van der Waals surface area contributed by atoms with E-state index in [0.29, 0.717) is 45.3 Å². The second kappa shape index (κ2) is 10.1. The van der Waals surface area contributed by atoms with Gasteiger partial charge in [0.2, 0.25) is 0 Å². The van der Waals surface area contributed by atoms with Gasteiger partial charge in [-0.3, -0.25) is 10.1 Å². The SMILES string of the molecule is CCOc1ccc(C(=O)NC(=S)Nc2cc(-c3cc4ccccc4oc3=O)ccc2C)cc1Cl. The van der Waals surface area contributed by atoms with E-state index < -0.39 is 11.5 Å². The summed E-state index contributed by atoms with van der Waals surface area (Å²) in [6.45, 7) is 4.22. The normalized spacial score (nSPS) is 10.7. The highest BCUT2D eigenvalue weighted by Gasteiger charge is 2.13. The van der Waals surface area contributed by atoms with Gasteiger partial charge < -0.3 is 14.5 Å². The lowest BCUT2D eigenvalue weighted by molar-refractivity contribution is 0.0977. The highest BCUT2D eigenvalue weighted by molar-refractivity contribution is 7.80. The van der Waals surface area contributed by atoms with Crippen LogP contribution in [0.25, 0.3) is 22.1 Å². The summed E-state index contributed by atoms with van der Waals surface area (Å²) >= 11 is 11.5.